The predicted octanol–water partition coefficient (Wildman–Crippen LogP) is 8.76. The number of aromatic nitrogens is 8. The number of aliphatic hydroxyl groups excluding tert-OH is 1. The Morgan fingerprint density at radius 2 is 1.79 bits per heavy atom. The lowest BCUT2D eigenvalue weighted by Crippen LogP contribution is -2.48. The first-order valence-electron chi connectivity index (χ1n) is 30.2. The summed E-state index contributed by atoms with van der Waals surface area (Å²) in [7, 11) is 2.79. The average Bonchev–Trinajstić information content (AvgIpc) is 1.57. The number of piperazine rings is 1. The summed E-state index contributed by atoms with van der Waals surface area (Å²) in [6, 6.07) is 19.9. The molecule has 4 saturated heterocycles. The summed E-state index contributed by atoms with van der Waals surface area (Å²) in [5, 5.41) is 44.9. The molecule has 4 aliphatic heterocycles. The lowest BCUT2D eigenvalue weighted by Gasteiger charge is -2.31. The van der Waals surface area contributed by atoms with Crippen molar-refractivity contribution in [2.24, 2.45) is 5.92 Å². The number of carbonyl (C=O) groups is 3. The van der Waals surface area contributed by atoms with Crippen molar-refractivity contribution in [3.8, 4) is 45.3 Å². The van der Waals surface area contributed by atoms with Gasteiger partial charge in [-0.1, -0.05) is 56.3 Å². The average molecular weight is 1170 g/mol. The SMILES string of the molecule is CCn1nccc1-c1ccc(CNC(=O)C2CCCN2C(=O)C(C(C)C)n2cc(-c3ccc(COc4c(-c5c(C)ccc6[nH]ncc56)c(C5CC5)cc5c(N6CC7CC6CN7)nc(OC6CCOCC6)nc45)c(C=N)c3NC)c(C=O)n2)cc1.CO. The van der Waals surface area contributed by atoms with Gasteiger partial charge in [-0.05, 0) is 104 Å². The second kappa shape index (κ2) is 24.8. The molecule has 0 radical (unpaired) electrons. The Balaban J connectivity index is 0.00000358. The van der Waals surface area contributed by atoms with E-state index in [2.05, 4.69) is 68.2 Å². The number of hydrogen-bond donors (Lipinski definition) is 6. The quantitative estimate of drug-likeness (QED) is 0.0308. The van der Waals surface area contributed by atoms with Gasteiger partial charge >= 0.3 is 6.01 Å². The van der Waals surface area contributed by atoms with Gasteiger partial charge in [-0.3, -0.25) is 28.8 Å². The van der Waals surface area contributed by atoms with E-state index in [0.717, 1.165) is 114 Å². The third-order valence-electron chi connectivity index (χ3n) is 17.8. The number of aldehydes is 1. The molecule has 5 aliphatic rings. The van der Waals surface area contributed by atoms with Crippen LogP contribution in [-0.2, 0) is 34.0 Å². The number of rotatable bonds is 20. The van der Waals surface area contributed by atoms with Gasteiger partial charge in [0.25, 0.3) is 0 Å². The molecule has 21 nitrogen and oxygen atoms in total. The van der Waals surface area contributed by atoms with Crippen molar-refractivity contribution in [3.63, 3.8) is 0 Å². The Labute approximate surface area is 499 Å². The Morgan fingerprint density at radius 3 is 2.50 bits per heavy atom. The first-order valence-corrected chi connectivity index (χ1v) is 30.2. The number of fused-ring (bicyclic) bond motifs is 4. The fourth-order valence-corrected chi connectivity index (χ4v) is 13.4. The number of benzene rings is 4. The number of likely N-dealkylation sites (tertiary alicyclic amines) is 1. The number of H-pyrrole nitrogens is 1. The number of carbonyl (C=O) groups excluding carboxylic acids is 3. The third-order valence-corrected chi connectivity index (χ3v) is 17.8. The van der Waals surface area contributed by atoms with E-state index in [1.165, 1.54) is 11.8 Å². The maximum Gasteiger partial charge on any atom is 0.319 e. The molecule has 13 rings (SSSR count). The number of ether oxygens (including phenoxy) is 3. The Hall–Kier alpha value is -8.53. The number of aryl methyl sites for hydroxylation is 2. The zero-order chi connectivity index (χ0) is 59.8. The van der Waals surface area contributed by atoms with E-state index in [0.29, 0.717) is 103 Å². The fourth-order valence-electron chi connectivity index (χ4n) is 13.4. The van der Waals surface area contributed by atoms with E-state index >= 15 is 0 Å². The highest BCUT2D eigenvalue weighted by Gasteiger charge is 2.42. The normalized spacial score (nSPS) is 18.8. The number of nitrogens with zero attached hydrogens (tertiary/aromatic N) is 9. The molecule has 8 heterocycles. The van der Waals surface area contributed by atoms with E-state index in [1.807, 2.05) is 67.2 Å². The summed E-state index contributed by atoms with van der Waals surface area (Å²) in [5.41, 5.74) is 11.9. The molecule has 4 aromatic carbocycles. The van der Waals surface area contributed by atoms with E-state index in [1.54, 1.807) is 29.0 Å². The second-order valence-electron chi connectivity index (χ2n) is 23.4. The van der Waals surface area contributed by atoms with Gasteiger partial charge < -0.3 is 50.5 Å². The summed E-state index contributed by atoms with van der Waals surface area (Å²) in [4.78, 5) is 56.6. The zero-order valence-corrected chi connectivity index (χ0v) is 49.7. The van der Waals surface area contributed by atoms with Crippen LogP contribution in [-0.4, -0.2) is 145 Å². The van der Waals surface area contributed by atoms with Crippen molar-refractivity contribution in [2.45, 2.75) is 129 Å². The van der Waals surface area contributed by atoms with Crippen molar-refractivity contribution in [2.75, 3.05) is 57.2 Å². The number of aromatic amines is 1. The highest BCUT2D eigenvalue weighted by molar-refractivity contribution is 6.06. The van der Waals surface area contributed by atoms with Crippen molar-refractivity contribution in [1.29, 1.82) is 5.41 Å². The number of aliphatic hydroxyl groups is 1. The summed E-state index contributed by atoms with van der Waals surface area (Å²) in [6.45, 7) is 12.5. The van der Waals surface area contributed by atoms with Crippen LogP contribution in [0.1, 0.15) is 116 Å². The molecular weight excluding hydrogens is 1090 g/mol. The molecule has 5 fully saturated rings. The minimum atomic E-state index is -0.820. The molecule has 1 saturated carbocycles. The van der Waals surface area contributed by atoms with Crippen LogP contribution in [0.3, 0.4) is 0 Å². The number of anilines is 2. The molecule has 86 heavy (non-hydrogen) atoms. The van der Waals surface area contributed by atoms with E-state index in [-0.39, 0.29) is 42.2 Å². The first kappa shape index (κ1) is 57.9. The summed E-state index contributed by atoms with van der Waals surface area (Å²) < 4.78 is 23.3. The van der Waals surface area contributed by atoms with E-state index < -0.39 is 12.1 Å². The van der Waals surface area contributed by atoms with Crippen molar-refractivity contribution in [1.82, 2.24) is 55.3 Å². The lowest BCUT2D eigenvalue weighted by atomic mass is 9.89. The lowest BCUT2D eigenvalue weighted by molar-refractivity contribution is -0.142. The van der Waals surface area contributed by atoms with Gasteiger partial charge in [0.1, 0.15) is 41.8 Å². The second-order valence-corrected chi connectivity index (χ2v) is 23.4. The van der Waals surface area contributed by atoms with Gasteiger partial charge in [0.15, 0.2) is 12.0 Å². The zero-order valence-electron chi connectivity index (χ0n) is 49.7. The maximum absolute atomic E-state index is 14.8. The Morgan fingerprint density at radius 1 is 0.977 bits per heavy atom. The standard InChI is InChI=1S/C64H72N14O6.CH4O/c1-6-77-53(19-22-70-77)40-12-10-38(11-13-40)29-68-62(80)54-8-7-23-75(54)63(81)59(36(2)3)78-33-50(52(34-79)74-78)45-17-16-41(48(28-65)57(45)66-5)35-83-60-56(55-37(4)9-18-51-49(55)31-69-73-51)46(39-14-15-39)27-47-58(60)71-64(84-44-20-24-82-25-21-44)72-61(47)76-32-42-26-43(76)30-67-42;1-2/h9-13,16-19,22,27-28,31,33-34,36,39,42-44,54,59,65-67H,6-8,14-15,20-21,23-26,29-30,32,35H2,1-5H3,(H,68,80)(H,69,73);2H,1H3. The maximum atomic E-state index is 14.8. The minimum absolute atomic E-state index is 0.0525. The van der Waals surface area contributed by atoms with Crippen LogP contribution in [0.4, 0.5) is 11.5 Å². The molecule has 4 atom stereocenters. The van der Waals surface area contributed by atoms with Crippen molar-refractivity contribution >= 4 is 57.6 Å². The molecule has 1 aliphatic carbocycles. The van der Waals surface area contributed by atoms with Crippen LogP contribution in [0.15, 0.2) is 79.3 Å². The predicted molar refractivity (Wildman–Crippen MR) is 330 cm³/mol. The van der Waals surface area contributed by atoms with Gasteiger partial charge in [-0.2, -0.15) is 25.3 Å². The number of amides is 2. The smallest absolute Gasteiger partial charge is 0.319 e. The third kappa shape index (κ3) is 11.0. The van der Waals surface area contributed by atoms with Crippen molar-refractivity contribution in [3.05, 3.63) is 113 Å². The topological polar surface area (TPSA) is 256 Å². The molecule has 21 heteroatoms. The summed E-state index contributed by atoms with van der Waals surface area (Å²) >= 11 is 0. The largest absolute Gasteiger partial charge is 0.486 e. The number of hydrogen-bond acceptors (Lipinski definition) is 16. The van der Waals surface area contributed by atoms with Gasteiger partial charge in [-0.25, -0.2) is 0 Å². The molecule has 2 bridgehead atoms. The fraction of sp³-hybridized carbons (Fsp3) is 0.431. The summed E-state index contributed by atoms with van der Waals surface area (Å²) in [6.07, 6.45) is 13.1. The van der Waals surface area contributed by atoms with Crippen LogP contribution >= 0.6 is 0 Å². The van der Waals surface area contributed by atoms with Crippen LogP contribution in [0.2, 0.25) is 0 Å². The highest BCUT2D eigenvalue weighted by Crippen LogP contribution is 2.53. The Bertz CT molecular complexity index is 3820. The monoisotopic (exact) mass is 1160 g/mol. The van der Waals surface area contributed by atoms with Gasteiger partial charge in [0.2, 0.25) is 11.8 Å². The van der Waals surface area contributed by atoms with Gasteiger partial charge in [0, 0.05) is 129 Å². The van der Waals surface area contributed by atoms with Crippen LogP contribution in [0.5, 0.6) is 11.8 Å². The van der Waals surface area contributed by atoms with Crippen LogP contribution in [0, 0.1) is 18.3 Å². The molecule has 2 amide bonds. The highest BCUT2D eigenvalue weighted by atomic mass is 16.5. The van der Waals surface area contributed by atoms with E-state index in [4.69, 9.17) is 39.8 Å². The van der Waals surface area contributed by atoms with Crippen LogP contribution < -0.4 is 30.3 Å². The molecule has 8 aromatic rings. The molecular formula is C65H76N14O7. The van der Waals surface area contributed by atoms with E-state index in [9.17, 15) is 14.4 Å². The minimum Gasteiger partial charge on any atom is -0.486 e. The molecule has 448 valence electrons. The molecule has 0 spiro atoms. The van der Waals surface area contributed by atoms with Crippen molar-refractivity contribution < 1.29 is 33.7 Å². The molecule has 4 unspecified atom stereocenters. The number of nitrogens with one attached hydrogen (secondary N) is 5. The molecule has 4 aromatic heterocycles. The first-order chi connectivity index (χ1) is 42.0. The Kier molecular flexibility index (Phi) is 16.7. The van der Waals surface area contributed by atoms with Gasteiger partial charge in [-0.15, -0.1) is 0 Å². The van der Waals surface area contributed by atoms with Crippen LogP contribution in [0.25, 0.3) is 55.3 Å². The summed E-state index contributed by atoms with van der Waals surface area (Å²) in [5.74, 6) is 1.03. The molecule has 6 N–H and O–H groups in total. The van der Waals surface area contributed by atoms with Gasteiger partial charge in [0.05, 0.1) is 36.3 Å².